The van der Waals surface area contributed by atoms with Crippen LogP contribution in [-0.2, 0) is 14.3 Å². The van der Waals surface area contributed by atoms with Crippen molar-refractivity contribution in [3.63, 3.8) is 0 Å². The molecule has 11 atom stereocenters. The largest absolute Gasteiger partial charge is 0.508 e. The fraction of sp³-hybridized carbons (Fsp3) is 0.703. The first-order chi connectivity index (χ1) is 20.5. The number of ether oxygens (including phenoxy) is 1. The lowest BCUT2D eigenvalue weighted by Gasteiger charge is -2.70. The monoisotopic (exact) mass is 606 g/mol. The number of phenols is 1. The minimum absolute atomic E-state index is 0.0447. The van der Waals surface area contributed by atoms with Gasteiger partial charge < -0.3 is 20.1 Å². The molecule has 5 fully saturated rings. The summed E-state index contributed by atoms with van der Waals surface area (Å²) >= 11 is 0. The minimum atomic E-state index is -0.921. The van der Waals surface area contributed by atoms with Gasteiger partial charge >= 0.3 is 17.9 Å². The Morgan fingerprint density at radius 2 is 1.50 bits per heavy atom. The van der Waals surface area contributed by atoms with Crippen molar-refractivity contribution in [3.8, 4) is 5.75 Å². The highest BCUT2D eigenvalue weighted by Crippen LogP contribution is 2.79. The lowest BCUT2D eigenvalue weighted by molar-refractivity contribution is -0.228. The Morgan fingerprint density at radius 1 is 0.841 bits per heavy atom. The molecule has 240 valence electrons. The Kier molecular flexibility index (Phi) is 6.96. The highest BCUT2D eigenvalue weighted by molar-refractivity contribution is 5.90. The summed E-state index contributed by atoms with van der Waals surface area (Å²) in [6, 6.07) is 5.88. The van der Waals surface area contributed by atoms with Gasteiger partial charge in [-0.1, -0.05) is 46.8 Å². The smallest absolute Gasteiger partial charge is 0.338 e. The lowest BCUT2D eigenvalue weighted by Crippen LogP contribution is -2.65. The van der Waals surface area contributed by atoms with Crippen molar-refractivity contribution < 1.29 is 34.4 Å². The van der Waals surface area contributed by atoms with Crippen molar-refractivity contribution in [2.24, 2.45) is 62.6 Å². The van der Waals surface area contributed by atoms with Crippen LogP contribution in [0.2, 0.25) is 0 Å². The number of allylic oxidation sites excluding steroid dienone is 1. The number of aliphatic carboxylic acids is 2. The zero-order chi connectivity index (χ0) is 32.2. The molecule has 0 heterocycles. The van der Waals surface area contributed by atoms with Crippen molar-refractivity contribution in [1.82, 2.24) is 0 Å². The van der Waals surface area contributed by atoms with Gasteiger partial charge in [0, 0.05) is 5.41 Å². The molecule has 0 saturated heterocycles. The molecule has 44 heavy (non-hydrogen) atoms. The van der Waals surface area contributed by atoms with Gasteiger partial charge in [-0.2, -0.15) is 0 Å². The van der Waals surface area contributed by atoms with E-state index >= 15 is 0 Å². The Morgan fingerprint density at radius 3 is 2.09 bits per heavy atom. The maximum atomic E-state index is 13.4. The number of hydrogen-bond donors (Lipinski definition) is 3. The number of phenolic OH excluding ortho intramolecular Hbond substituents is 1. The van der Waals surface area contributed by atoms with Crippen molar-refractivity contribution in [2.75, 3.05) is 0 Å². The summed E-state index contributed by atoms with van der Waals surface area (Å²) in [5.74, 6) is -2.35. The molecule has 5 saturated carbocycles. The van der Waals surface area contributed by atoms with Crippen LogP contribution < -0.4 is 0 Å². The van der Waals surface area contributed by atoms with Crippen LogP contribution in [0.5, 0.6) is 5.75 Å². The van der Waals surface area contributed by atoms with Gasteiger partial charge in [0.1, 0.15) is 17.8 Å². The molecular weight excluding hydrogens is 556 g/mol. The number of benzene rings is 1. The van der Waals surface area contributed by atoms with Gasteiger partial charge in [-0.25, -0.2) is 4.79 Å². The molecule has 1 aromatic rings. The SMILES string of the molecule is C=C(C)[C@@H]1CC[C@]2(C(=O)O)CC[C@]3(C)[C@H](CC[C@@H]4[C@@]5(C)[C@H](C(=O)O)[C@H](OC(=O)c6ccc(O)cc6)C(C)(C)[C@@H]5CC[C@]43C)[C@@H]12. The van der Waals surface area contributed by atoms with Gasteiger partial charge in [0.2, 0.25) is 0 Å². The van der Waals surface area contributed by atoms with Crippen LogP contribution in [0.15, 0.2) is 36.4 Å². The molecular formula is C37H50O7. The standard InChI is InChI=1S/C37H50O7/c1-20(2)23-14-17-37(32(42)43)19-18-34(5)24(27(23)37)12-13-26-35(34,6)16-15-25-33(3,4)29(28(30(39)40)36(25,26)7)44-31(41)21-8-10-22(38)11-9-21/h8-11,23-29,38H,1,12-19H2,2-7H3,(H,39,40)(H,42,43)/t23-,24+,25-,26-,27+,28-,29-,34+,35+,36-,37-/m0/s1. The van der Waals surface area contributed by atoms with Crippen LogP contribution in [-0.4, -0.2) is 39.3 Å². The third kappa shape index (κ3) is 3.82. The van der Waals surface area contributed by atoms with Crippen LogP contribution in [0.3, 0.4) is 0 Å². The van der Waals surface area contributed by atoms with E-state index in [4.69, 9.17) is 4.74 Å². The summed E-state index contributed by atoms with van der Waals surface area (Å²) in [7, 11) is 0. The third-order valence-electron chi connectivity index (χ3n) is 14.9. The van der Waals surface area contributed by atoms with Gasteiger partial charge in [-0.05, 0) is 128 Å². The van der Waals surface area contributed by atoms with Crippen molar-refractivity contribution in [2.45, 2.75) is 99.0 Å². The predicted octanol–water partition coefficient (Wildman–Crippen LogP) is 7.58. The lowest BCUT2D eigenvalue weighted by atomic mass is 9.34. The number of fused-ring (bicyclic) bond motifs is 7. The molecule has 0 spiro atoms. The second-order valence-electron chi connectivity index (χ2n) is 16.5. The first kappa shape index (κ1) is 31.2. The Bertz CT molecular complexity index is 1400. The molecule has 5 aliphatic rings. The zero-order valence-corrected chi connectivity index (χ0v) is 27.2. The fourth-order valence-corrected chi connectivity index (χ4v) is 12.8. The van der Waals surface area contributed by atoms with E-state index in [-0.39, 0.29) is 51.7 Å². The average Bonchev–Trinajstić information content (AvgIpc) is 3.42. The van der Waals surface area contributed by atoms with Gasteiger partial charge in [-0.15, -0.1) is 0 Å². The summed E-state index contributed by atoms with van der Waals surface area (Å²) in [4.78, 5) is 39.7. The van der Waals surface area contributed by atoms with Crippen molar-refractivity contribution in [3.05, 3.63) is 42.0 Å². The number of carbonyl (C=O) groups is 3. The normalized spacial score (nSPS) is 45.3. The Balaban J connectivity index is 1.40. The quantitative estimate of drug-likeness (QED) is 0.233. The minimum Gasteiger partial charge on any atom is -0.508 e. The first-order valence-corrected chi connectivity index (χ1v) is 16.6. The highest BCUT2D eigenvalue weighted by atomic mass is 16.5. The number of carboxylic acid groups (broad SMARTS) is 2. The molecule has 7 heteroatoms. The molecule has 5 aliphatic carbocycles. The molecule has 6 rings (SSSR count). The molecule has 0 radical (unpaired) electrons. The van der Waals surface area contributed by atoms with E-state index in [0.29, 0.717) is 12.8 Å². The van der Waals surface area contributed by atoms with E-state index in [1.54, 1.807) is 0 Å². The van der Waals surface area contributed by atoms with E-state index in [1.807, 2.05) is 0 Å². The number of rotatable bonds is 5. The summed E-state index contributed by atoms with van der Waals surface area (Å²) in [5, 5.41) is 31.3. The van der Waals surface area contributed by atoms with E-state index in [9.17, 15) is 29.7 Å². The van der Waals surface area contributed by atoms with Crippen LogP contribution >= 0.6 is 0 Å². The molecule has 1 aromatic carbocycles. The summed E-state index contributed by atoms with van der Waals surface area (Å²) in [6.45, 7) is 17.5. The molecule has 3 N–H and O–H groups in total. The Labute approximate surface area is 261 Å². The second-order valence-corrected chi connectivity index (χ2v) is 16.5. The predicted molar refractivity (Wildman–Crippen MR) is 166 cm³/mol. The third-order valence-corrected chi connectivity index (χ3v) is 14.9. The van der Waals surface area contributed by atoms with Crippen molar-refractivity contribution >= 4 is 17.9 Å². The second kappa shape index (κ2) is 9.83. The van der Waals surface area contributed by atoms with E-state index in [2.05, 4.69) is 48.1 Å². The van der Waals surface area contributed by atoms with Crippen LogP contribution in [0.1, 0.15) is 103 Å². The van der Waals surface area contributed by atoms with E-state index in [0.717, 1.165) is 44.1 Å². The number of carbonyl (C=O) groups excluding carboxylic acids is 1. The average molecular weight is 607 g/mol. The van der Waals surface area contributed by atoms with E-state index in [1.165, 1.54) is 24.3 Å². The van der Waals surface area contributed by atoms with Gasteiger partial charge in [0.15, 0.2) is 0 Å². The molecule has 0 unspecified atom stereocenters. The van der Waals surface area contributed by atoms with E-state index < -0.39 is 46.2 Å². The molecule has 0 bridgehead atoms. The zero-order valence-electron chi connectivity index (χ0n) is 27.2. The number of hydrogen-bond acceptors (Lipinski definition) is 5. The number of esters is 1. The molecule has 0 aromatic heterocycles. The highest BCUT2D eigenvalue weighted by Gasteiger charge is 2.76. The molecule has 0 amide bonds. The van der Waals surface area contributed by atoms with Gasteiger partial charge in [0.25, 0.3) is 0 Å². The maximum Gasteiger partial charge on any atom is 0.338 e. The van der Waals surface area contributed by atoms with Gasteiger partial charge in [0.05, 0.1) is 11.0 Å². The summed E-state index contributed by atoms with van der Waals surface area (Å²) in [6.07, 6.45) is 5.79. The van der Waals surface area contributed by atoms with Crippen LogP contribution in [0.25, 0.3) is 0 Å². The van der Waals surface area contributed by atoms with Crippen LogP contribution in [0.4, 0.5) is 0 Å². The maximum absolute atomic E-state index is 13.4. The Hall–Kier alpha value is -2.83. The first-order valence-electron chi connectivity index (χ1n) is 16.6. The van der Waals surface area contributed by atoms with Crippen LogP contribution in [0, 0.1) is 62.6 Å². The van der Waals surface area contributed by atoms with Gasteiger partial charge in [-0.3, -0.25) is 9.59 Å². The topological polar surface area (TPSA) is 121 Å². The molecule has 0 aliphatic heterocycles. The number of aromatic hydroxyl groups is 1. The molecule has 7 nitrogen and oxygen atoms in total. The fourth-order valence-electron chi connectivity index (χ4n) is 12.8. The summed E-state index contributed by atoms with van der Waals surface area (Å²) < 4.78 is 6.19. The summed E-state index contributed by atoms with van der Waals surface area (Å²) in [5.41, 5.74) is -0.829. The van der Waals surface area contributed by atoms with Crippen molar-refractivity contribution in [1.29, 1.82) is 0 Å². The number of carboxylic acids is 2.